The quantitative estimate of drug-likeness (QED) is 0.922. The molecular formula is C16H22N6O. The van der Waals surface area contributed by atoms with Crippen LogP contribution >= 0.6 is 0 Å². The smallest absolute Gasteiger partial charge is 0.272 e. The predicted octanol–water partition coefficient (Wildman–Crippen LogP) is 1.23. The van der Waals surface area contributed by atoms with Crippen LogP contribution in [0.1, 0.15) is 34.8 Å². The van der Waals surface area contributed by atoms with E-state index in [1.165, 1.54) is 0 Å². The van der Waals surface area contributed by atoms with E-state index in [9.17, 15) is 4.79 Å². The number of aryl methyl sites for hydroxylation is 3. The molecule has 23 heavy (non-hydrogen) atoms. The molecule has 0 aromatic carbocycles. The minimum absolute atomic E-state index is 0.105. The molecule has 0 radical (unpaired) electrons. The first-order chi connectivity index (χ1) is 11.0. The lowest BCUT2D eigenvalue weighted by Gasteiger charge is -2.34. The molecule has 122 valence electrons. The maximum Gasteiger partial charge on any atom is 0.272 e. The van der Waals surface area contributed by atoms with Gasteiger partial charge in [0.05, 0.1) is 0 Å². The van der Waals surface area contributed by atoms with Crippen molar-refractivity contribution in [2.75, 3.05) is 18.0 Å². The second-order valence-electron chi connectivity index (χ2n) is 6.05. The van der Waals surface area contributed by atoms with Gasteiger partial charge in [-0.1, -0.05) is 0 Å². The normalized spacial score (nSPS) is 18.0. The third-order valence-electron chi connectivity index (χ3n) is 3.98. The molecule has 3 heterocycles. The maximum atomic E-state index is 12.2. The number of hydrogen-bond acceptors (Lipinski definition) is 5. The average molecular weight is 314 g/mol. The predicted molar refractivity (Wildman–Crippen MR) is 87.4 cm³/mol. The topological polar surface area (TPSA) is 75.9 Å². The van der Waals surface area contributed by atoms with E-state index >= 15 is 0 Å². The molecule has 7 nitrogen and oxygen atoms in total. The first-order valence-electron chi connectivity index (χ1n) is 7.89. The zero-order valence-corrected chi connectivity index (χ0v) is 13.8. The standard InChI is InChI=1S/C16H22N6O/c1-11-9-15(18-12(2)17-11)22-7-4-5-13(10-22)19-16(23)14-6-8-21(3)20-14/h6,8-9,13H,4-5,7,10H2,1-3H3,(H,19,23). The van der Waals surface area contributed by atoms with Crippen molar-refractivity contribution in [2.24, 2.45) is 7.05 Å². The van der Waals surface area contributed by atoms with Gasteiger partial charge >= 0.3 is 0 Å². The van der Waals surface area contributed by atoms with Crippen molar-refractivity contribution >= 4 is 11.7 Å². The third kappa shape index (κ3) is 3.67. The molecule has 0 bridgehead atoms. The molecule has 1 unspecified atom stereocenters. The van der Waals surface area contributed by atoms with Crippen LogP contribution in [-0.4, -0.2) is 44.8 Å². The van der Waals surface area contributed by atoms with E-state index in [1.807, 2.05) is 19.9 Å². The summed E-state index contributed by atoms with van der Waals surface area (Å²) in [5.41, 5.74) is 1.42. The van der Waals surface area contributed by atoms with Gasteiger partial charge in [0, 0.05) is 44.1 Å². The Morgan fingerprint density at radius 2 is 2.17 bits per heavy atom. The van der Waals surface area contributed by atoms with Crippen LogP contribution in [0.15, 0.2) is 18.3 Å². The van der Waals surface area contributed by atoms with Crippen molar-refractivity contribution in [3.8, 4) is 0 Å². The lowest BCUT2D eigenvalue weighted by atomic mass is 10.1. The second kappa shape index (κ2) is 6.36. The Balaban J connectivity index is 1.67. The highest BCUT2D eigenvalue weighted by Crippen LogP contribution is 2.19. The van der Waals surface area contributed by atoms with Crippen molar-refractivity contribution in [1.29, 1.82) is 0 Å². The first-order valence-corrected chi connectivity index (χ1v) is 7.89. The number of aromatic nitrogens is 4. The number of carbonyl (C=O) groups is 1. The Hall–Kier alpha value is -2.44. The molecule has 1 fully saturated rings. The molecule has 1 saturated heterocycles. The maximum absolute atomic E-state index is 12.2. The highest BCUT2D eigenvalue weighted by atomic mass is 16.2. The van der Waals surface area contributed by atoms with Crippen LogP contribution in [0.25, 0.3) is 0 Å². The van der Waals surface area contributed by atoms with Crippen LogP contribution in [0.2, 0.25) is 0 Å². The fourth-order valence-electron chi connectivity index (χ4n) is 2.96. The van der Waals surface area contributed by atoms with Crippen molar-refractivity contribution in [1.82, 2.24) is 25.1 Å². The Morgan fingerprint density at radius 1 is 1.35 bits per heavy atom. The van der Waals surface area contributed by atoms with Gasteiger partial charge in [0.15, 0.2) is 0 Å². The van der Waals surface area contributed by atoms with Crippen molar-refractivity contribution in [2.45, 2.75) is 32.7 Å². The van der Waals surface area contributed by atoms with Crippen molar-refractivity contribution < 1.29 is 4.79 Å². The molecule has 1 amide bonds. The Kier molecular flexibility index (Phi) is 4.27. The monoisotopic (exact) mass is 314 g/mol. The van der Waals surface area contributed by atoms with Gasteiger partial charge in [-0.15, -0.1) is 0 Å². The lowest BCUT2D eigenvalue weighted by Crippen LogP contribution is -2.48. The van der Waals surface area contributed by atoms with E-state index in [4.69, 9.17) is 0 Å². The van der Waals surface area contributed by atoms with Gasteiger partial charge < -0.3 is 10.2 Å². The number of piperidine rings is 1. The summed E-state index contributed by atoms with van der Waals surface area (Å²) in [7, 11) is 1.80. The van der Waals surface area contributed by atoms with E-state index in [0.717, 1.165) is 43.3 Å². The first kappa shape index (κ1) is 15.5. The van der Waals surface area contributed by atoms with Crippen LogP contribution < -0.4 is 10.2 Å². The van der Waals surface area contributed by atoms with Crippen LogP contribution in [0.3, 0.4) is 0 Å². The summed E-state index contributed by atoms with van der Waals surface area (Å²) in [6, 6.07) is 3.83. The number of nitrogens with zero attached hydrogens (tertiary/aromatic N) is 5. The van der Waals surface area contributed by atoms with Gasteiger partial charge in [-0.2, -0.15) is 5.10 Å². The Labute approximate surface area is 135 Å². The molecule has 0 saturated carbocycles. The number of nitrogens with one attached hydrogen (secondary N) is 1. The Bertz CT molecular complexity index is 690. The lowest BCUT2D eigenvalue weighted by molar-refractivity contribution is 0.0927. The largest absolute Gasteiger partial charge is 0.354 e. The number of carbonyl (C=O) groups excluding carboxylic acids is 1. The molecule has 1 atom stereocenters. The fraction of sp³-hybridized carbons (Fsp3) is 0.500. The third-order valence-corrected chi connectivity index (χ3v) is 3.98. The summed E-state index contributed by atoms with van der Waals surface area (Å²) < 4.78 is 1.63. The molecule has 7 heteroatoms. The fourth-order valence-corrected chi connectivity index (χ4v) is 2.96. The SMILES string of the molecule is Cc1cc(N2CCCC(NC(=O)c3ccn(C)n3)C2)nc(C)n1. The van der Waals surface area contributed by atoms with Gasteiger partial charge in [0.1, 0.15) is 17.3 Å². The summed E-state index contributed by atoms with van der Waals surface area (Å²) in [5.74, 6) is 1.60. The molecule has 1 aliphatic rings. The number of rotatable bonds is 3. The minimum Gasteiger partial charge on any atom is -0.354 e. The van der Waals surface area contributed by atoms with Gasteiger partial charge in [-0.25, -0.2) is 9.97 Å². The zero-order chi connectivity index (χ0) is 16.4. The van der Waals surface area contributed by atoms with Crippen LogP contribution in [0.4, 0.5) is 5.82 Å². The molecular weight excluding hydrogens is 292 g/mol. The molecule has 1 N–H and O–H groups in total. The van der Waals surface area contributed by atoms with E-state index in [2.05, 4.69) is 25.3 Å². The van der Waals surface area contributed by atoms with Gasteiger partial charge in [0.25, 0.3) is 5.91 Å². The zero-order valence-electron chi connectivity index (χ0n) is 13.8. The molecule has 2 aromatic rings. The van der Waals surface area contributed by atoms with Crippen molar-refractivity contribution in [3.63, 3.8) is 0 Å². The van der Waals surface area contributed by atoms with Crippen molar-refractivity contribution in [3.05, 3.63) is 35.5 Å². The summed E-state index contributed by atoms with van der Waals surface area (Å²) in [5, 5.41) is 7.22. The summed E-state index contributed by atoms with van der Waals surface area (Å²) >= 11 is 0. The number of anilines is 1. The summed E-state index contributed by atoms with van der Waals surface area (Å²) in [6.45, 7) is 5.59. The molecule has 1 aliphatic heterocycles. The van der Waals surface area contributed by atoms with E-state index < -0.39 is 0 Å². The van der Waals surface area contributed by atoms with E-state index in [-0.39, 0.29) is 11.9 Å². The molecule has 0 spiro atoms. The van der Waals surface area contributed by atoms with E-state index in [0.29, 0.717) is 5.69 Å². The van der Waals surface area contributed by atoms with E-state index in [1.54, 1.807) is 24.0 Å². The molecule has 2 aromatic heterocycles. The highest BCUT2D eigenvalue weighted by molar-refractivity contribution is 5.92. The summed E-state index contributed by atoms with van der Waals surface area (Å²) in [4.78, 5) is 23.3. The summed E-state index contributed by atoms with van der Waals surface area (Å²) in [6.07, 6.45) is 3.77. The number of amides is 1. The molecule has 0 aliphatic carbocycles. The van der Waals surface area contributed by atoms with Gasteiger partial charge in [0.2, 0.25) is 0 Å². The molecule has 3 rings (SSSR count). The average Bonchev–Trinajstić information content (AvgIpc) is 2.93. The van der Waals surface area contributed by atoms with Crippen LogP contribution in [-0.2, 0) is 7.05 Å². The highest BCUT2D eigenvalue weighted by Gasteiger charge is 2.23. The van der Waals surface area contributed by atoms with Crippen LogP contribution in [0, 0.1) is 13.8 Å². The number of hydrogen-bond donors (Lipinski definition) is 1. The Morgan fingerprint density at radius 3 is 2.87 bits per heavy atom. The second-order valence-corrected chi connectivity index (χ2v) is 6.05. The van der Waals surface area contributed by atoms with Gasteiger partial charge in [-0.05, 0) is 32.8 Å². The van der Waals surface area contributed by atoms with Crippen LogP contribution in [0.5, 0.6) is 0 Å². The van der Waals surface area contributed by atoms with Gasteiger partial charge in [-0.3, -0.25) is 9.48 Å². The minimum atomic E-state index is -0.118.